The summed E-state index contributed by atoms with van der Waals surface area (Å²) in [5.74, 6) is 0.571. The number of nitrogens with zero attached hydrogens (tertiary/aromatic N) is 3. The third-order valence-corrected chi connectivity index (χ3v) is 5.67. The molecule has 1 unspecified atom stereocenters. The average molecular weight is 329 g/mol. The maximum atomic E-state index is 12.5. The van der Waals surface area contributed by atoms with E-state index in [4.69, 9.17) is 0 Å². The molecule has 116 valence electrons. The first-order valence-corrected chi connectivity index (χ1v) is 8.95. The van der Waals surface area contributed by atoms with Gasteiger partial charge < -0.3 is 9.88 Å². The molecule has 0 aliphatic heterocycles. The summed E-state index contributed by atoms with van der Waals surface area (Å²) in [6.45, 7) is 5.07. The minimum absolute atomic E-state index is 0.322. The highest BCUT2D eigenvalue weighted by molar-refractivity contribution is 7.89. The van der Waals surface area contributed by atoms with Crippen molar-refractivity contribution in [1.29, 1.82) is 0 Å². The largest absolute Gasteiger partial charge is 0.319 e. The van der Waals surface area contributed by atoms with E-state index in [1.165, 1.54) is 11.3 Å². The van der Waals surface area contributed by atoms with E-state index >= 15 is 0 Å². The highest BCUT2D eigenvalue weighted by atomic mass is 32.2. The highest BCUT2D eigenvalue weighted by Gasteiger charge is 2.24. The van der Waals surface area contributed by atoms with Gasteiger partial charge in [-0.05, 0) is 24.9 Å². The fourth-order valence-corrected chi connectivity index (χ4v) is 4.58. The van der Waals surface area contributed by atoms with E-state index in [1.54, 1.807) is 36.3 Å². The third-order valence-electron chi connectivity index (χ3n) is 3.00. The number of sulfonamides is 1. The van der Waals surface area contributed by atoms with E-state index in [2.05, 4.69) is 20.2 Å². The van der Waals surface area contributed by atoms with Gasteiger partial charge in [-0.1, -0.05) is 6.92 Å². The molecule has 2 aromatic rings. The Morgan fingerprint density at radius 2 is 2.24 bits per heavy atom. The first kappa shape index (κ1) is 16.1. The van der Waals surface area contributed by atoms with E-state index in [0.717, 1.165) is 11.4 Å². The lowest BCUT2D eigenvalue weighted by atomic mass is 10.3. The molecule has 9 heteroatoms. The lowest BCUT2D eigenvalue weighted by Crippen LogP contribution is -2.29. The number of hydrogen-bond donors (Lipinski definition) is 2. The van der Waals surface area contributed by atoms with Crippen molar-refractivity contribution in [2.24, 2.45) is 7.05 Å². The van der Waals surface area contributed by atoms with Crippen LogP contribution in [0.5, 0.6) is 0 Å². The SMILES string of the molecule is CCNCc1sccc1S(=O)(=O)NC(C)c1nncn1C. The van der Waals surface area contributed by atoms with Gasteiger partial charge in [0.05, 0.1) is 10.9 Å². The highest BCUT2D eigenvalue weighted by Crippen LogP contribution is 2.23. The van der Waals surface area contributed by atoms with Crippen LogP contribution >= 0.6 is 11.3 Å². The van der Waals surface area contributed by atoms with E-state index in [9.17, 15) is 8.42 Å². The van der Waals surface area contributed by atoms with Crippen LogP contribution in [0.1, 0.15) is 30.6 Å². The quantitative estimate of drug-likeness (QED) is 0.792. The van der Waals surface area contributed by atoms with Crippen molar-refractivity contribution in [1.82, 2.24) is 24.8 Å². The predicted molar refractivity (Wildman–Crippen MR) is 81.4 cm³/mol. The van der Waals surface area contributed by atoms with Crippen LogP contribution in [0.25, 0.3) is 0 Å². The monoisotopic (exact) mass is 329 g/mol. The van der Waals surface area contributed by atoms with Crippen molar-refractivity contribution >= 4 is 21.4 Å². The molecule has 0 aliphatic rings. The van der Waals surface area contributed by atoms with E-state index in [1.807, 2.05) is 6.92 Å². The molecule has 0 fully saturated rings. The summed E-state index contributed by atoms with van der Waals surface area (Å²) in [5, 5.41) is 12.6. The van der Waals surface area contributed by atoms with Crippen LogP contribution in [-0.4, -0.2) is 29.7 Å². The summed E-state index contributed by atoms with van der Waals surface area (Å²) in [6, 6.07) is 1.18. The molecule has 0 spiro atoms. The Morgan fingerprint density at radius 1 is 1.48 bits per heavy atom. The molecule has 0 saturated heterocycles. The number of thiophene rings is 1. The molecular weight excluding hydrogens is 310 g/mol. The normalized spacial score (nSPS) is 13.5. The Bertz CT molecular complexity index is 692. The third kappa shape index (κ3) is 3.67. The lowest BCUT2D eigenvalue weighted by molar-refractivity contribution is 0.552. The van der Waals surface area contributed by atoms with Gasteiger partial charge in [-0.25, -0.2) is 13.1 Å². The summed E-state index contributed by atoms with van der Waals surface area (Å²) in [4.78, 5) is 1.12. The molecule has 0 bridgehead atoms. The zero-order valence-electron chi connectivity index (χ0n) is 12.2. The molecule has 0 radical (unpaired) electrons. The first-order chi connectivity index (χ1) is 9.95. The van der Waals surface area contributed by atoms with Gasteiger partial charge >= 0.3 is 0 Å². The van der Waals surface area contributed by atoms with Crippen LogP contribution in [0.15, 0.2) is 22.7 Å². The fraction of sp³-hybridized carbons (Fsp3) is 0.500. The second kappa shape index (κ2) is 6.65. The molecule has 21 heavy (non-hydrogen) atoms. The fourth-order valence-electron chi connectivity index (χ4n) is 1.97. The minimum Gasteiger partial charge on any atom is -0.319 e. The maximum absolute atomic E-state index is 12.5. The lowest BCUT2D eigenvalue weighted by Gasteiger charge is -2.14. The van der Waals surface area contributed by atoms with Crippen LogP contribution < -0.4 is 10.0 Å². The Labute approximate surface area is 128 Å². The van der Waals surface area contributed by atoms with Gasteiger partial charge in [0.25, 0.3) is 0 Å². The van der Waals surface area contributed by atoms with E-state index in [-0.39, 0.29) is 0 Å². The molecule has 0 saturated carbocycles. The van der Waals surface area contributed by atoms with Crippen LogP contribution in [0, 0.1) is 0 Å². The Hall–Kier alpha value is -1.29. The van der Waals surface area contributed by atoms with Crippen LogP contribution in [0.3, 0.4) is 0 Å². The van der Waals surface area contributed by atoms with Crippen molar-refractivity contribution < 1.29 is 8.42 Å². The Morgan fingerprint density at radius 3 is 2.86 bits per heavy atom. The summed E-state index contributed by atoms with van der Waals surface area (Å²) >= 11 is 1.43. The topological polar surface area (TPSA) is 88.9 Å². The van der Waals surface area contributed by atoms with Gasteiger partial charge in [0.15, 0.2) is 0 Å². The summed E-state index contributed by atoms with van der Waals surface area (Å²) in [6.07, 6.45) is 1.54. The molecule has 2 N–H and O–H groups in total. The molecular formula is C12H19N5O2S2. The van der Waals surface area contributed by atoms with Crippen molar-refractivity contribution in [3.63, 3.8) is 0 Å². The van der Waals surface area contributed by atoms with E-state index < -0.39 is 16.1 Å². The number of hydrogen-bond acceptors (Lipinski definition) is 6. The van der Waals surface area contributed by atoms with Gasteiger partial charge in [0, 0.05) is 18.5 Å². The Balaban J connectivity index is 2.19. The van der Waals surface area contributed by atoms with Gasteiger partial charge in [-0.2, -0.15) is 0 Å². The molecule has 2 aromatic heterocycles. The summed E-state index contributed by atoms with van der Waals surface area (Å²) in [5.41, 5.74) is 0. The molecule has 0 amide bonds. The molecule has 7 nitrogen and oxygen atoms in total. The molecule has 0 aliphatic carbocycles. The van der Waals surface area contributed by atoms with E-state index in [0.29, 0.717) is 17.3 Å². The second-order valence-corrected chi connectivity index (χ2v) is 7.31. The van der Waals surface area contributed by atoms with Crippen molar-refractivity contribution in [2.45, 2.75) is 31.3 Å². The van der Waals surface area contributed by atoms with Gasteiger partial charge in [-0.3, -0.25) is 0 Å². The van der Waals surface area contributed by atoms with Gasteiger partial charge in [0.2, 0.25) is 10.0 Å². The second-order valence-electron chi connectivity index (χ2n) is 4.63. The molecule has 1 atom stereocenters. The summed E-state index contributed by atoms with van der Waals surface area (Å²) < 4.78 is 29.4. The summed E-state index contributed by atoms with van der Waals surface area (Å²) in [7, 11) is -1.80. The average Bonchev–Trinajstić information content (AvgIpc) is 3.04. The smallest absolute Gasteiger partial charge is 0.242 e. The van der Waals surface area contributed by atoms with Crippen LogP contribution in [-0.2, 0) is 23.6 Å². The standard InChI is InChI=1S/C12H19N5O2S2/c1-4-13-7-10-11(5-6-20-10)21(18,19)16-9(2)12-15-14-8-17(12)3/h5-6,8-9,13,16H,4,7H2,1-3H3. The van der Waals surface area contributed by atoms with Crippen molar-refractivity contribution in [3.05, 3.63) is 28.5 Å². The Kier molecular flexibility index (Phi) is 5.09. The molecule has 2 rings (SSSR count). The van der Waals surface area contributed by atoms with Crippen LogP contribution in [0.4, 0.5) is 0 Å². The number of nitrogens with one attached hydrogen (secondary N) is 2. The zero-order valence-corrected chi connectivity index (χ0v) is 13.8. The number of aryl methyl sites for hydroxylation is 1. The van der Waals surface area contributed by atoms with Crippen molar-refractivity contribution in [3.8, 4) is 0 Å². The number of aromatic nitrogens is 3. The predicted octanol–water partition coefficient (Wildman–Crippen LogP) is 1.03. The minimum atomic E-state index is -3.58. The number of rotatable bonds is 7. The molecule has 2 heterocycles. The van der Waals surface area contributed by atoms with Crippen LogP contribution in [0.2, 0.25) is 0 Å². The first-order valence-electron chi connectivity index (χ1n) is 6.59. The maximum Gasteiger partial charge on any atom is 0.242 e. The van der Waals surface area contributed by atoms with Crippen molar-refractivity contribution in [2.75, 3.05) is 6.54 Å². The van der Waals surface area contributed by atoms with Gasteiger partial charge in [-0.15, -0.1) is 21.5 Å². The zero-order chi connectivity index (χ0) is 15.5. The van der Waals surface area contributed by atoms with Gasteiger partial charge in [0.1, 0.15) is 12.2 Å². The molecule has 0 aromatic carbocycles.